The van der Waals surface area contributed by atoms with Crippen molar-refractivity contribution in [2.24, 2.45) is 0 Å². The molecule has 29 heavy (non-hydrogen) atoms. The first-order chi connectivity index (χ1) is 14.1. The van der Waals surface area contributed by atoms with E-state index in [1.54, 1.807) is 14.2 Å². The van der Waals surface area contributed by atoms with E-state index in [4.69, 9.17) is 21.1 Å². The third kappa shape index (κ3) is 4.18. The number of methoxy groups -OCH3 is 2. The average Bonchev–Trinajstić information content (AvgIpc) is 3.17. The van der Waals surface area contributed by atoms with E-state index in [2.05, 4.69) is 9.88 Å². The van der Waals surface area contributed by atoms with Crippen LogP contribution >= 0.6 is 11.6 Å². The summed E-state index contributed by atoms with van der Waals surface area (Å²) < 4.78 is 10.8. The van der Waals surface area contributed by atoms with Gasteiger partial charge in [0, 0.05) is 54.2 Å². The zero-order valence-corrected chi connectivity index (χ0v) is 17.3. The number of aromatic nitrogens is 1. The molecule has 0 saturated carbocycles. The summed E-state index contributed by atoms with van der Waals surface area (Å²) in [6, 6.07) is 13.3. The normalized spacial score (nSPS) is 14.9. The van der Waals surface area contributed by atoms with Gasteiger partial charge < -0.3 is 19.4 Å². The number of ether oxygens (including phenoxy) is 2. The van der Waals surface area contributed by atoms with Crippen molar-refractivity contribution >= 4 is 28.4 Å². The van der Waals surface area contributed by atoms with Crippen LogP contribution in [0.4, 0.5) is 0 Å². The number of carbonyl (C=O) groups is 1. The molecule has 0 aliphatic carbocycles. The van der Waals surface area contributed by atoms with Crippen molar-refractivity contribution in [2.45, 2.75) is 6.54 Å². The molecule has 0 atom stereocenters. The van der Waals surface area contributed by atoms with E-state index < -0.39 is 0 Å². The lowest BCUT2D eigenvalue weighted by atomic mass is 10.1. The van der Waals surface area contributed by atoms with Crippen LogP contribution in [0.2, 0.25) is 5.02 Å². The highest BCUT2D eigenvalue weighted by Gasteiger charge is 2.24. The molecular formula is C22H24ClN3O3. The number of nitrogens with zero attached hydrogens (tertiary/aromatic N) is 2. The highest BCUT2D eigenvalue weighted by atomic mass is 35.5. The first-order valence-corrected chi connectivity index (χ1v) is 9.96. The van der Waals surface area contributed by atoms with Gasteiger partial charge in [-0.1, -0.05) is 11.6 Å². The lowest BCUT2D eigenvalue weighted by molar-refractivity contribution is 0.0622. The van der Waals surface area contributed by atoms with Gasteiger partial charge in [-0.25, -0.2) is 0 Å². The van der Waals surface area contributed by atoms with Gasteiger partial charge in [-0.15, -0.1) is 0 Å². The molecule has 1 aliphatic rings. The first kappa shape index (κ1) is 19.6. The molecule has 1 aromatic heterocycles. The van der Waals surface area contributed by atoms with Crippen LogP contribution in [0.5, 0.6) is 11.5 Å². The maximum absolute atomic E-state index is 12.9. The van der Waals surface area contributed by atoms with Gasteiger partial charge in [0.1, 0.15) is 17.2 Å². The number of fused-ring (bicyclic) bond motifs is 1. The first-order valence-electron chi connectivity index (χ1n) is 9.58. The van der Waals surface area contributed by atoms with Crippen LogP contribution in [0.25, 0.3) is 10.9 Å². The van der Waals surface area contributed by atoms with Crippen LogP contribution in [0.1, 0.15) is 16.1 Å². The third-order valence-corrected chi connectivity index (χ3v) is 5.59. The molecular weight excluding hydrogens is 390 g/mol. The van der Waals surface area contributed by atoms with Gasteiger partial charge in [-0.05, 0) is 42.5 Å². The molecule has 7 heteroatoms. The Hall–Kier alpha value is -2.70. The third-order valence-electron chi connectivity index (χ3n) is 5.35. The fraction of sp³-hybridized carbons (Fsp3) is 0.318. The van der Waals surface area contributed by atoms with Crippen molar-refractivity contribution in [2.75, 3.05) is 40.4 Å². The molecule has 6 nitrogen and oxygen atoms in total. The van der Waals surface area contributed by atoms with E-state index in [0.717, 1.165) is 47.6 Å². The van der Waals surface area contributed by atoms with E-state index in [9.17, 15) is 4.79 Å². The summed E-state index contributed by atoms with van der Waals surface area (Å²) >= 11 is 6.05. The molecule has 1 N–H and O–H groups in total. The molecule has 152 valence electrons. The number of amides is 1. The Morgan fingerprint density at radius 2 is 1.83 bits per heavy atom. The number of halogens is 1. The van der Waals surface area contributed by atoms with Crippen LogP contribution < -0.4 is 9.47 Å². The van der Waals surface area contributed by atoms with Crippen LogP contribution in [-0.4, -0.2) is 61.1 Å². The summed E-state index contributed by atoms with van der Waals surface area (Å²) in [4.78, 5) is 20.3. The number of hydrogen-bond donors (Lipinski definition) is 1. The van der Waals surface area contributed by atoms with E-state index in [-0.39, 0.29) is 5.91 Å². The summed E-state index contributed by atoms with van der Waals surface area (Å²) in [6.45, 7) is 3.73. The Morgan fingerprint density at radius 1 is 1.03 bits per heavy atom. The predicted molar refractivity (Wildman–Crippen MR) is 114 cm³/mol. The van der Waals surface area contributed by atoms with Crippen molar-refractivity contribution in [3.05, 3.63) is 58.7 Å². The summed E-state index contributed by atoms with van der Waals surface area (Å²) in [5, 5.41) is 1.61. The van der Waals surface area contributed by atoms with E-state index in [1.807, 2.05) is 47.4 Å². The number of nitrogens with one attached hydrogen (secondary N) is 1. The van der Waals surface area contributed by atoms with Crippen LogP contribution in [0.3, 0.4) is 0 Å². The number of H-pyrrole nitrogens is 1. The highest BCUT2D eigenvalue weighted by Crippen LogP contribution is 2.26. The highest BCUT2D eigenvalue weighted by molar-refractivity contribution is 6.31. The second-order valence-electron chi connectivity index (χ2n) is 7.16. The standard InChI is InChI=1S/C22H24ClN3O3/c1-28-18-4-6-21(29-2)16(12-18)14-25-7-9-26(10-8-25)22(27)20-13-15-11-17(23)3-5-19(15)24-20/h3-6,11-13,24H,7-10,14H2,1-2H3. The van der Waals surface area contributed by atoms with Gasteiger partial charge in [0.15, 0.2) is 0 Å². The molecule has 1 saturated heterocycles. The number of aromatic amines is 1. The average molecular weight is 414 g/mol. The number of piperazine rings is 1. The minimum Gasteiger partial charge on any atom is -0.497 e. The van der Waals surface area contributed by atoms with Crippen LogP contribution in [-0.2, 0) is 6.54 Å². The van der Waals surface area contributed by atoms with Crippen molar-refractivity contribution in [3.8, 4) is 11.5 Å². The van der Waals surface area contributed by atoms with E-state index in [0.29, 0.717) is 23.8 Å². The Kier molecular flexibility index (Phi) is 5.65. The Balaban J connectivity index is 1.40. The quantitative estimate of drug-likeness (QED) is 0.691. The number of hydrogen-bond acceptors (Lipinski definition) is 4. The molecule has 1 aliphatic heterocycles. The Bertz CT molecular complexity index is 1030. The fourth-order valence-corrected chi connectivity index (χ4v) is 3.93. The molecule has 0 unspecified atom stereocenters. The summed E-state index contributed by atoms with van der Waals surface area (Å²) in [5.74, 6) is 1.69. The summed E-state index contributed by atoms with van der Waals surface area (Å²) in [7, 11) is 3.34. The maximum atomic E-state index is 12.9. The monoisotopic (exact) mass is 413 g/mol. The van der Waals surface area contributed by atoms with Crippen molar-refractivity contribution in [3.63, 3.8) is 0 Å². The summed E-state index contributed by atoms with van der Waals surface area (Å²) in [5.41, 5.74) is 2.60. The van der Waals surface area contributed by atoms with E-state index >= 15 is 0 Å². The van der Waals surface area contributed by atoms with Gasteiger partial charge in [-0.2, -0.15) is 0 Å². The predicted octanol–water partition coefficient (Wildman–Crippen LogP) is 3.80. The van der Waals surface area contributed by atoms with Gasteiger partial charge in [-0.3, -0.25) is 9.69 Å². The van der Waals surface area contributed by atoms with Crippen molar-refractivity contribution in [1.82, 2.24) is 14.8 Å². The number of rotatable bonds is 5. The van der Waals surface area contributed by atoms with Gasteiger partial charge in [0.25, 0.3) is 5.91 Å². The number of benzene rings is 2. The lowest BCUT2D eigenvalue weighted by Crippen LogP contribution is -2.48. The van der Waals surface area contributed by atoms with Crippen molar-refractivity contribution < 1.29 is 14.3 Å². The zero-order valence-electron chi connectivity index (χ0n) is 16.6. The minimum atomic E-state index is 0.0240. The second kappa shape index (κ2) is 8.35. The van der Waals surface area contributed by atoms with E-state index in [1.165, 1.54) is 0 Å². The molecule has 1 fully saturated rings. The molecule has 4 rings (SSSR count). The van der Waals surface area contributed by atoms with Crippen molar-refractivity contribution in [1.29, 1.82) is 0 Å². The summed E-state index contributed by atoms with van der Waals surface area (Å²) in [6.07, 6.45) is 0. The molecule has 2 aromatic carbocycles. The van der Waals surface area contributed by atoms with Gasteiger partial charge >= 0.3 is 0 Å². The topological polar surface area (TPSA) is 57.8 Å². The minimum absolute atomic E-state index is 0.0240. The maximum Gasteiger partial charge on any atom is 0.270 e. The lowest BCUT2D eigenvalue weighted by Gasteiger charge is -2.34. The SMILES string of the molecule is COc1ccc(OC)c(CN2CCN(C(=O)c3cc4cc(Cl)ccc4[nH]3)CC2)c1. The number of carbonyl (C=O) groups excluding carboxylic acids is 1. The molecule has 0 radical (unpaired) electrons. The molecule has 0 spiro atoms. The second-order valence-corrected chi connectivity index (χ2v) is 7.60. The Labute approximate surface area is 175 Å². The molecule has 1 amide bonds. The zero-order chi connectivity index (χ0) is 20.4. The van der Waals surface area contributed by atoms with Gasteiger partial charge in [0.2, 0.25) is 0 Å². The van der Waals surface area contributed by atoms with Crippen LogP contribution in [0, 0.1) is 0 Å². The van der Waals surface area contributed by atoms with Crippen LogP contribution in [0.15, 0.2) is 42.5 Å². The fourth-order valence-electron chi connectivity index (χ4n) is 3.74. The molecule has 0 bridgehead atoms. The smallest absolute Gasteiger partial charge is 0.270 e. The molecule has 3 aromatic rings. The van der Waals surface area contributed by atoms with Gasteiger partial charge in [0.05, 0.1) is 14.2 Å². The molecule has 2 heterocycles. The Morgan fingerprint density at radius 3 is 2.55 bits per heavy atom. The largest absolute Gasteiger partial charge is 0.497 e.